The summed E-state index contributed by atoms with van der Waals surface area (Å²) in [5.41, 5.74) is 0. The molecule has 96 valence electrons. The SMILES string of the molecule is CC1CCCC1CNC(C)C1CC2C=CC1C2. The molecule has 0 aromatic rings. The van der Waals surface area contributed by atoms with E-state index in [4.69, 9.17) is 0 Å². The summed E-state index contributed by atoms with van der Waals surface area (Å²) in [4.78, 5) is 0. The van der Waals surface area contributed by atoms with Gasteiger partial charge >= 0.3 is 0 Å². The Morgan fingerprint density at radius 2 is 2.12 bits per heavy atom. The number of nitrogens with one attached hydrogen (secondary N) is 1. The van der Waals surface area contributed by atoms with Crippen molar-refractivity contribution < 1.29 is 0 Å². The Balaban J connectivity index is 1.47. The first-order chi connectivity index (χ1) is 8.24. The molecule has 2 fully saturated rings. The average molecular weight is 233 g/mol. The van der Waals surface area contributed by atoms with E-state index in [2.05, 4.69) is 31.3 Å². The first-order valence-electron chi connectivity index (χ1n) is 7.65. The third-order valence-electron chi connectivity index (χ3n) is 5.71. The van der Waals surface area contributed by atoms with Crippen LogP contribution in [0.3, 0.4) is 0 Å². The molecule has 0 spiro atoms. The van der Waals surface area contributed by atoms with E-state index in [-0.39, 0.29) is 0 Å². The molecule has 0 radical (unpaired) electrons. The van der Waals surface area contributed by atoms with Crippen molar-refractivity contribution in [3.63, 3.8) is 0 Å². The van der Waals surface area contributed by atoms with Gasteiger partial charge in [0.05, 0.1) is 0 Å². The van der Waals surface area contributed by atoms with E-state index in [1.165, 1.54) is 38.6 Å². The van der Waals surface area contributed by atoms with Crippen LogP contribution < -0.4 is 5.32 Å². The Morgan fingerprint density at radius 1 is 1.24 bits per heavy atom. The van der Waals surface area contributed by atoms with Gasteiger partial charge in [-0.25, -0.2) is 0 Å². The van der Waals surface area contributed by atoms with Crippen LogP contribution in [0.25, 0.3) is 0 Å². The van der Waals surface area contributed by atoms with Crippen molar-refractivity contribution in [1.29, 1.82) is 0 Å². The molecule has 2 bridgehead atoms. The Morgan fingerprint density at radius 3 is 2.71 bits per heavy atom. The third kappa shape index (κ3) is 2.31. The summed E-state index contributed by atoms with van der Waals surface area (Å²) >= 11 is 0. The third-order valence-corrected chi connectivity index (χ3v) is 5.71. The number of hydrogen-bond acceptors (Lipinski definition) is 1. The molecule has 6 unspecified atom stereocenters. The molecule has 17 heavy (non-hydrogen) atoms. The molecule has 3 aliphatic carbocycles. The van der Waals surface area contributed by atoms with Crippen molar-refractivity contribution >= 4 is 0 Å². The lowest BCUT2D eigenvalue weighted by molar-refractivity contribution is 0.294. The smallest absolute Gasteiger partial charge is 0.00729 e. The van der Waals surface area contributed by atoms with Crippen LogP contribution in [0.4, 0.5) is 0 Å². The van der Waals surface area contributed by atoms with Crippen LogP contribution in [0, 0.1) is 29.6 Å². The van der Waals surface area contributed by atoms with Gasteiger partial charge in [-0.1, -0.05) is 31.9 Å². The molecule has 0 aliphatic heterocycles. The molecular weight excluding hydrogens is 206 g/mol. The maximum Gasteiger partial charge on any atom is 0.00729 e. The van der Waals surface area contributed by atoms with E-state index in [1.54, 1.807) is 0 Å². The zero-order valence-electron chi connectivity index (χ0n) is 11.4. The summed E-state index contributed by atoms with van der Waals surface area (Å²) in [5, 5.41) is 3.85. The second kappa shape index (κ2) is 4.76. The first-order valence-corrected chi connectivity index (χ1v) is 7.65. The van der Waals surface area contributed by atoms with Gasteiger partial charge in [0.1, 0.15) is 0 Å². The van der Waals surface area contributed by atoms with Gasteiger partial charge in [0.25, 0.3) is 0 Å². The molecule has 1 N–H and O–H groups in total. The molecule has 0 heterocycles. The molecule has 1 nitrogen and oxygen atoms in total. The van der Waals surface area contributed by atoms with Crippen molar-refractivity contribution in [1.82, 2.24) is 5.32 Å². The minimum Gasteiger partial charge on any atom is -0.314 e. The summed E-state index contributed by atoms with van der Waals surface area (Å²) in [7, 11) is 0. The minimum atomic E-state index is 0.725. The Hall–Kier alpha value is -0.300. The Bertz CT molecular complexity index is 296. The van der Waals surface area contributed by atoms with Gasteiger partial charge in [0.2, 0.25) is 0 Å². The predicted octanol–water partition coefficient (Wildman–Crippen LogP) is 3.61. The number of rotatable bonds is 4. The summed E-state index contributed by atoms with van der Waals surface area (Å²) in [6.07, 6.45) is 12.2. The second-order valence-corrected chi connectivity index (χ2v) is 6.81. The van der Waals surface area contributed by atoms with E-state index < -0.39 is 0 Å². The minimum absolute atomic E-state index is 0.725. The Kier molecular flexibility index (Phi) is 3.30. The quantitative estimate of drug-likeness (QED) is 0.731. The van der Waals surface area contributed by atoms with Gasteiger partial charge in [-0.15, -0.1) is 0 Å². The van der Waals surface area contributed by atoms with Gasteiger partial charge in [-0.05, 0) is 62.3 Å². The highest BCUT2D eigenvalue weighted by atomic mass is 14.9. The maximum absolute atomic E-state index is 3.85. The normalized spacial score (nSPS) is 45.6. The van der Waals surface area contributed by atoms with Crippen LogP contribution in [0.5, 0.6) is 0 Å². The van der Waals surface area contributed by atoms with Crippen LogP contribution in [0.15, 0.2) is 12.2 Å². The van der Waals surface area contributed by atoms with Gasteiger partial charge in [0, 0.05) is 6.04 Å². The molecule has 0 aromatic heterocycles. The largest absolute Gasteiger partial charge is 0.314 e. The number of allylic oxidation sites excluding steroid dienone is 2. The van der Waals surface area contributed by atoms with Crippen molar-refractivity contribution in [2.24, 2.45) is 29.6 Å². The number of hydrogen-bond donors (Lipinski definition) is 1. The molecule has 2 saturated carbocycles. The average Bonchev–Trinajstić information content (AvgIpc) is 3.01. The summed E-state index contributed by atoms with van der Waals surface area (Å²) < 4.78 is 0. The fourth-order valence-electron chi connectivity index (χ4n) is 4.41. The van der Waals surface area contributed by atoms with Crippen LogP contribution in [-0.4, -0.2) is 12.6 Å². The predicted molar refractivity (Wildman–Crippen MR) is 72.8 cm³/mol. The van der Waals surface area contributed by atoms with Crippen molar-refractivity contribution in [3.05, 3.63) is 12.2 Å². The lowest BCUT2D eigenvalue weighted by Crippen LogP contribution is -2.38. The monoisotopic (exact) mass is 233 g/mol. The molecule has 0 saturated heterocycles. The topological polar surface area (TPSA) is 12.0 Å². The van der Waals surface area contributed by atoms with Crippen LogP contribution in [0.1, 0.15) is 46.0 Å². The number of fused-ring (bicyclic) bond motifs is 2. The van der Waals surface area contributed by atoms with Crippen molar-refractivity contribution in [3.8, 4) is 0 Å². The summed E-state index contributed by atoms with van der Waals surface area (Å²) in [5.74, 6) is 4.63. The van der Waals surface area contributed by atoms with Gasteiger partial charge in [-0.2, -0.15) is 0 Å². The maximum atomic E-state index is 3.85. The Labute approximate surface area is 106 Å². The lowest BCUT2D eigenvalue weighted by Gasteiger charge is -2.28. The van der Waals surface area contributed by atoms with E-state index in [0.29, 0.717) is 0 Å². The highest BCUT2D eigenvalue weighted by molar-refractivity contribution is 5.11. The van der Waals surface area contributed by atoms with E-state index >= 15 is 0 Å². The van der Waals surface area contributed by atoms with Gasteiger partial charge in [-0.3, -0.25) is 0 Å². The summed E-state index contributed by atoms with van der Waals surface area (Å²) in [6, 6.07) is 0.725. The molecule has 3 rings (SSSR count). The first kappa shape index (κ1) is 11.8. The molecule has 0 amide bonds. The van der Waals surface area contributed by atoms with E-state index in [9.17, 15) is 0 Å². The standard InChI is InChI=1S/C16H27N/c1-11-4-3-5-15(11)10-17-12(2)16-9-13-6-7-14(16)8-13/h6-7,11-17H,3-5,8-10H2,1-2H3. The van der Waals surface area contributed by atoms with Crippen LogP contribution in [0.2, 0.25) is 0 Å². The van der Waals surface area contributed by atoms with Crippen molar-refractivity contribution in [2.75, 3.05) is 6.54 Å². The fourth-order valence-corrected chi connectivity index (χ4v) is 4.41. The molecule has 1 heteroatoms. The van der Waals surface area contributed by atoms with E-state index in [0.717, 1.165) is 35.6 Å². The van der Waals surface area contributed by atoms with Gasteiger partial charge in [0.15, 0.2) is 0 Å². The van der Waals surface area contributed by atoms with E-state index in [1.807, 2.05) is 0 Å². The molecule has 6 atom stereocenters. The highest BCUT2D eigenvalue weighted by Gasteiger charge is 2.38. The molecular formula is C16H27N. The lowest BCUT2D eigenvalue weighted by atomic mass is 9.87. The highest BCUT2D eigenvalue weighted by Crippen LogP contribution is 2.45. The van der Waals surface area contributed by atoms with Crippen LogP contribution >= 0.6 is 0 Å². The van der Waals surface area contributed by atoms with Gasteiger partial charge < -0.3 is 5.32 Å². The second-order valence-electron chi connectivity index (χ2n) is 6.81. The molecule has 3 aliphatic rings. The zero-order valence-corrected chi connectivity index (χ0v) is 11.4. The fraction of sp³-hybridized carbons (Fsp3) is 0.875. The van der Waals surface area contributed by atoms with Crippen LogP contribution in [-0.2, 0) is 0 Å². The zero-order chi connectivity index (χ0) is 11.8. The van der Waals surface area contributed by atoms with Crippen molar-refractivity contribution in [2.45, 2.75) is 52.0 Å². The molecule has 0 aromatic carbocycles. The summed E-state index contributed by atoms with van der Waals surface area (Å²) in [6.45, 7) is 6.11.